The summed E-state index contributed by atoms with van der Waals surface area (Å²) in [6.45, 7) is 0. The van der Waals surface area contributed by atoms with Crippen molar-refractivity contribution in [1.29, 1.82) is 0 Å². The molecule has 1 atom stereocenters. The van der Waals surface area contributed by atoms with E-state index in [1.165, 1.54) is 13.2 Å². The molecule has 2 aromatic rings. The Balaban J connectivity index is 2.39. The van der Waals surface area contributed by atoms with Gasteiger partial charge in [0.15, 0.2) is 0 Å². The van der Waals surface area contributed by atoms with E-state index in [1.54, 1.807) is 36.4 Å². The first kappa shape index (κ1) is 14.4. The maximum Gasteiger partial charge on any atom is 0.410 e. The Bertz CT molecular complexity index is 617. The normalized spacial score (nSPS) is 13.8. The minimum atomic E-state index is -3.46. The lowest BCUT2D eigenvalue weighted by Crippen LogP contribution is -2.10. The second kappa shape index (κ2) is 5.98. The summed E-state index contributed by atoms with van der Waals surface area (Å²) in [5.41, 5.74) is 0. The molecule has 0 radical (unpaired) electrons. The lowest BCUT2D eigenvalue weighted by atomic mass is 10.3. The highest BCUT2D eigenvalue weighted by molar-refractivity contribution is 7.62. The minimum absolute atomic E-state index is 0.225. The van der Waals surface area contributed by atoms with Crippen LogP contribution in [-0.2, 0) is 9.09 Å². The molecule has 0 N–H and O–H groups in total. The van der Waals surface area contributed by atoms with Gasteiger partial charge in [0.1, 0.15) is 5.75 Å². The fourth-order valence-corrected chi connectivity index (χ4v) is 3.19. The molecule has 6 heteroatoms. The molecular formula is C13H11Cl2O3P. The summed E-state index contributed by atoms with van der Waals surface area (Å²) in [5, 5.41) is 1.21. The second-order valence-electron chi connectivity index (χ2n) is 3.68. The van der Waals surface area contributed by atoms with Crippen LogP contribution in [0, 0.1) is 0 Å². The van der Waals surface area contributed by atoms with E-state index in [2.05, 4.69) is 0 Å². The molecule has 0 heterocycles. The van der Waals surface area contributed by atoms with Gasteiger partial charge in [-0.05, 0) is 24.3 Å². The largest absolute Gasteiger partial charge is 0.420 e. The van der Waals surface area contributed by atoms with Crippen molar-refractivity contribution in [2.24, 2.45) is 0 Å². The highest BCUT2D eigenvalue weighted by Crippen LogP contribution is 2.48. The fourth-order valence-electron chi connectivity index (χ4n) is 1.48. The first-order valence-electron chi connectivity index (χ1n) is 5.41. The smallest absolute Gasteiger partial charge is 0.410 e. The zero-order valence-corrected chi connectivity index (χ0v) is 12.5. The van der Waals surface area contributed by atoms with E-state index in [0.717, 1.165) is 0 Å². The summed E-state index contributed by atoms with van der Waals surface area (Å²) in [5.74, 6) is 0.225. The first-order chi connectivity index (χ1) is 9.05. The molecule has 0 aliphatic carbocycles. The molecule has 19 heavy (non-hydrogen) atoms. The number of hydrogen-bond acceptors (Lipinski definition) is 3. The van der Waals surface area contributed by atoms with Crippen LogP contribution in [0.1, 0.15) is 0 Å². The summed E-state index contributed by atoms with van der Waals surface area (Å²) in [6.07, 6.45) is 0. The molecule has 0 saturated heterocycles. The second-order valence-corrected chi connectivity index (χ2v) is 6.58. The van der Waals surface area contributed by atoms with Crippen molar-refractivity contribution in [2.75, 3.05) is 7.11 Å². The Labute approximate surface area is 121 Å². The maximum atomic E-state index is 12.7. The molecule has 0 saturated carbocycles. The van der Waals surface area contributed by atoms with Crippen molar-refractivity contribution in [2.45, 2.75) is 0 Å². The zero-order chi connectivity index (χ0) is 13.9. The standard InChI is InChI=1S/C13H11Cl2O3P/c1-17-19(16,11-5-3-2-4-6-11)18-13-9-10(14)7-8-12(13)15/h2-9H,1H3/t19-/m1/s1. The average molecular weight is 317 g/mol. The van der Waals surface area contributed by atoms with Gasteiger partial charge in [-0.15, -0.1) is 0 Å². The molecule has 0 fully saturated rings. The highest BCUT2D eigenvalue weighted by atomic mass is 35.5. The number of benzene rings is 2. The quantitative estimate of drug-likeness (QED) is 0.777. The zero-order valence-electron chi connectivity index (χ0n) is 10.0. The average Bonchev–Trinajstić information content (AvgIpc) is 2.44. The van der Waals surface area contributed by atoms with Crippen molar-refractivity contribution >= 4 is 36.1 Å². The van der Waals surface area contributed by atoms with Crippen LogP contribution < -0.4 is 9.83 Å². The lowest BCUT2D eigenvalue weighted by Gasteiger charge is -2.18. The maximum absolute atomic E-state index is 12.7. The van der Waals surface area contributed by atoms with Crippen LogP contribution in [0.25, 0.3) is 0 Å². The predicted octanol–water partition coefficient (Wildman–Crippen LogP) is 4.54. The minimum Gasteiger partial charge on any atom is -0.420 e. The van der Waals surface area contributed by atoms with Crippen LogP contribution in [0.15, 0.2) is 48.5 Å². The molecular weight excluding hydrogens is 306 g/mol. The number of hydrogen-bond donors (Lipinski definition) is 0. The van der Waals surface area contributed by atoms with E-state index in [4.69, 9.17) is 32.2 Å². The molecule has 2 rings (SSSR count). The van der Waals surface area contributed by atoms with E-state index in [9.17, 15) is 4.57 Å². The molecule has 0 aromatic heterocycles. The summed E-state index contributed by atoms with van der Waals surface area (Å²) >= 11 is 11.9. The summed E-state index contributed by atoms with van der Waals surface area (Å²) in [4.78, 5) is 0. The molecule has 0 bridgehead atoms. The molecule has 0 aliphatic heterocycles. The van der Waals surface area contributed by atoms with Crippen molar-refractivity contribution in [3.8, 4) is 5.75 Å². The summed E-state index contributed by atoms with van der Waals surface area (Å²) in [6, 6.07) is 13.4. The Morgan fingerprint density at radius 3 is 2.37 bits per heavy atom. The molecule has 0 unspecified atom stereocenters. The molecule has 0 amide bonds. The Kier molecular flexibility index (Phi) is 4.54. The SMILES string of the molecule is CO[P@@](=O)(Oc1cc(Cl)ccc1Cl)c1ccccc1. The Hall–Kier alpha value is -0.990. The van der Waals surface area contributed by atoms with Crippen LogP contribution >= 0.6 is 30.8 Å². The van der Waals surface area contributed by atoms with Gasteiger partial charge in [0.25, 0.3) is 0 Å². The molecule has 2 aromatic carbocycles. The van der Waals surface area contributed by atoms with Gasteiger partial charge in [-0.1, -0.05) is 41.4 Å². The van der Waals surface area contributed by atoms with Crippen molar-refractivity contribution in [3.05, 3.63) is 58.6 Å². The number of rotatable bonds is 4. The van der Waals surface area contributed by atoms with E-state index in [1.807, 2.05) is 6.07 Å². The van der Waals surface area contributed by atoms with Gasteiger partial charge in [0.05, 0.1) is 10.3 Å². The van der Waals surface area contributed by atoms with Gasteiger partial charge in [-0.25, -0.2) is 4.57 Å². The van der Waals surface area contributed by atoms with Gasteiger partial charge in [-0.2, -0.15) is 0 Å². The third-order valence-corrected chi connectivity index (χ3v) is 4.82. The third kappa shape index (κ3) is 3.31. The van der Waals surface area contributed by atoms with Gasteiger partial charge >= 0.3 is 7.60 Å². The highest BCUT2D eigenvalue weighted by Gasteiger charge is 2.28. The fraction of sp³-hybridized carbons (Fsp3) is 0.0769. The van der Waals surface area contributed by atoms with E-state index >= 15 is 0 Å². The van der Waals surface area contributed by atoms with E-state index in [-0.39, 0.29) is 5.75 Å². The van der Waals surface area contributed by atoms with Crippen LogP contribution in [0.5, 0.6) is 5.75 Å². The monoisotopic (exact) mass is 316 g/mol. The molecule has 100 valence electrons. The molecule has 0 spiro atoms. The molecule has 3 nitrogen and oxygen atoms in total. The van der Waals surface area contributed by atoms with E-state index in [0.29, 0.717) is 15.3 Å². The third-order valence-electron chi connectivity index (χ3n) is 2.42. The van der Waals surface area contributed by atoms with Gasteiger partial charge < -0.3 is 4.52 Å². The van der Waals surface area contributed by atoms with Gasteiger partial charge in [0, 0.05) is 18.2 Å². The van der Waals surface area contributed by atoms with Crippen molar-refractivity contribution in [1.82, 2.24) is 0 Å². The van der Waals surface area contributed by atoms with Crippen LogP contribution in [0.2, 0.25) is 10.0 Å². The predicted molar refractivity (Wildman–Crippen MR) is 77.8 cm³/mol. The Morgan fingerprint density at radius 1 is 1.05 bits per heavy atom. The van der Waals surface area contributed by atoms with Gasteiger partial charge in [0.2, 0.25) is 0 Å². The summed E-state index contributed by atoms with van der Waals surface area (Å²) in [7, 11) is -2.14. The summed E-state index contributed by atoms with van der Waals surface area (Å²) < 4.78 is 23.2. The van der Waals surface area contributed by atoms with Crippen LogP contribution in [-0.4, -0.2) is 7.11 Å². The van der Waals surface area contributed by atoms with Gasteiger partial charge in [-0.3, -0.25) is 4.52 Å². The number of halogens is 2. The topological polar surface area (TPSA) is 35.5 Å². The van der Waals surface area contributed by atoms with E-state index < -0.39 is 7.60 Å². The Morgan fingerprint density at radius 2 is 1.74 bits per heavy atom. The van der Waals surface area contributed by atoms with Crippen LogP contribution in [0.3, 0.4) is 0 Å². The first-order valence-corrected chi connectivity index (χ1v) is 7.71. The van der Waals surface area contributed by atoms with Crippen molar-refractivity contribution < 1.29 is 13.6 Å². The van der Waals surface area contributed by atoms with Crippen LogP contribution in [0.4, 0.5) is 0 Å². The van der Waals surface area contributed by atoms with Crippen molar-refractivity contribution in [3.63, 3.8) is 0 Å². The molecule has 0 aliphatic rings. The lowest BCUT2D eigenvalue weighted by molar-refractivity contribution is 0.334.